The molecule has 110 heavy (non-hydrogen) atoms. The minimum atomic E-state index is -1.63. The first kappa shape index (κ1) is 81.2. The molecule has 0 radical (unpaired) electrons. The minimum absolute atomic E-state index is 0.219. The lowest BCUT2D eigenvalue weighted by Gasteiger charge is -2.56. The van der Waals surface area contributed by atoms with Gasteiger partial charge in [0.05, 0.1) is 16.1 Å². The van der Waals surface area contributed by atoms with E-state index in [1.165, 1.54) is 75.7 Å². The van der Waals surface area contributed by atoms with Crippen molar-refractivity contribution in [1.82, 2.24) is 35.6 Å². The number of carbonyl (C=O) groups is 11. The van der Waals surface area contributed by atoms with E-state index in [2.05, 4.69) is 34.1 Å². The summed E-state index contributed by atoms with van der Waals surface area (Å²) in [5, 5.41) is 6.02. The fourth-order valence-electron chi connectivity index (χ4n) is 13.2. The number of nitrogens with zero attached hydrogens (tertiary/aromatic N) is 4. The highest BCUT2D eigenvalue weighted by molar-refractivity contribution is 8.77. The standard InChI is InChI=1S/C30H27N3O4S3.C25H25ClN2O6S.C25H23ClN2O6S/c1-18(2)25(29(36)37-26(20-12-6-4-7-13-20)21-14-8-5-9-15-21)33-27(35)24(31-19(3)34)28(33)39-40-30-32-22-16-10-11-17-23(22)38-30;1-15(26)33-34-25(3)14-35-23-19(27-16(2)29)22(30)28(23)21(25)24(31)32-20(17-10-6-4-7-11-17)18-12-8-5-9-13-18;1-14(29)27-18-22(32)28-20(25(2,35-23(18)28)21(31)17(30)13-26)24(33)34-19(15-9-5-3-6-10-15)16-11-7-4-8-12-16/h4-17,24-26,28H,1H2,2-3H3,(H,31,34);4-13,19-21,23H,1,14H2,2-3H3,(H,27,29);3-12,18-20,23H,13H2,1-2H3,(H,27,29)/t24-,25-,28-;19-,21+,23?,25?;18-,20+,23?,25-/m111/s1. The molecular weight excluding hydrogens is 1550 g/mol. The molecule has 7 aromatic carbocycles. The van der Waals surface area contributed by atoms with Gasteiger partial charge in [0.1, 0.15) is 39.0 Å². The Morgan fingerprint density at radius 1 is 0.555 bits per heavy atom. The molecule has 1 aromatic heterocycles. The number of fused-ring (bicyclic) bond motifs is 3. The average Bonchev–Trinajstić information content (AvgIpc) is 1.51. The quantitative estimate of drug-likeness (QED) is 0.00434. The molecule has 5 aliphatic heterocycles. The van der Waals surface area contributed by atoms with Crippen LogP contribution in [0.15, 0.2) is 235 Å². The van der Waals surface area contributed by atoms with Crippen LogP contribution in [0.4, 0.5) is 0 Å². The van der Waals surface area contributed by atoms with E-state index >= 15 is 0 Å². The minimum Gasteiger partial charge on any atom is -0.451 e. The highest BCUT2D eigenvalue weighted by atomic mass is 35.5. The molecule has 11 atom stereocenters. The largest absolute Gasteiger partial charge is 0.451 e. The molecule has 0 saturated carbocycles. The molecule has 8 aromatic rings. The van der Waals surface area contributed by atoms with Crippen molar-refractivity contribution in [1.29, 1.82) is 0 Å². The zero-order chi connectivity index (χ0) is 78.7. The van der Waals surface area contributed by atoms with Crippen molar-refractivity contribution in [3.05, 3.63) is 264 Å². The Morgan fingerprint density at radius 3 is 1.37 bits per heavy atom. The predicted molar refractivity (Wildman–Crippen MR) is 421 cm³/mol. The Labute approximate surface area is 664 Å². The van der Waals surface area contributed by atoms with Crippen molar-refractivity contribution in [2.24, 2.45) is 0 Å². The number of para-hydroxylation sites is 1. The van der Waals surface area contributed by atoms with Crippen molar-refractivity contribution in [3.8, 4) is 0 Å². The van der Waals surface area contributed by atoms with Crippen LogP contribution in [-0.4, -0.2) is 159 Å². The molecule has 0 spiro atoms. The first-order valence-electron chi connectivity index (χ1n) is 34.4. The lowest BCUT2D eigenvalue weighted by atomic mass is 9.89. The maximum atomic E-state index is 13.8. The maximum absolute atomic E-state index is 13.8. The third-order valence-electron chi connectivity index (χ3n) is 18.2. The number of rotatable bonds is 26. The Balaban J connectivity index is 0.000000164. The van der Waals surface area contributed by atoms with Crippen LogP contribution in [0.2, 0.25) is 0 Å². The van der Waals surface area contributed by atoms with Crippen LogP contribution in [0.3, 0.4) is 0 Å². The molecule has 5 aliphatic rings. The summed E-state index contributed by atoms with van der Waals surface area (Å²) in [6.07, 6.45) is -2.18. The third kappa shape index (κ3) is 18.0. The second-order valence-corrected chi connectivity index (χ2v) is 33.3. The molecule has 6 heterocycles. The van der Waals surface area contributed by atoms with Crippen molar-refractivity contribution in [2.45, 2.75) is 127 Å². The summed E-state index contributed by atoms with van der Waals surface area (Å²) in [4.78, 5) is 160. The Kier molecular flexibility index (Phi) is 26.5. The Hall–Kier alpha value is -9.78. The third-order valence-corrected chi connectivity index (χ3v) is 25.8. The van der Waals surface area contributed by atoms with Gasteiger partial charge in [0.25, 0.3) is 0 Å². The molecule has 0 aliphatic carbocycles. The van der Waals surface area contributed by atoms with Gasteiger partial charge in [-0.2, -0.15) is 4.89 Å². The number of halogens is 2. The van der Waals surface area contributed by atoms with Gasteiger partial charge < -0.3 is 49.7 Å². The van der Waals surface area contributed by atoms with E-state index in [0.29, 0.717) is 16.7 Å². The number of aromatic nitrogens is 1. The first-order valence-corrected chi connectivity index (χ1v) is 40.3. The van der Waals surface area contributed by atoms with Crippen LogP contribution in [0, 0.1) is 0 Å². The summed E-state index contributed by atoms with van der Waals surface area (Å²) >= 11 is 15.3. The molecule has 5 fully saturated rings. The number of benzene rings is 7. The number of thioether (sulfide) groups is 2. The van der Waals surface area contributed by atoms with Crippen molar-refractivity contribution in [2.75, 3.05) is 11.6 Å². The lowest BCUT2D eigenvalue weighted by Crippen LogP contribution is -2.79. The van der Waals surface area contributed by atoms with Gasteiger partial charge in [0, 0.05) is 26.5 Å². The fraction of sp³-hybridized carbons (Fsp3) is 0.275. The van der Waals surface area contributed by atoms with E-state index in [1.54, 1.807) is 49.4 Å². The topological polar surface area (TPSA) is 293 Å². The number of ether oxygens (including phenoxy) is 3. The van der Waals surface area contributed by atoms with Gasteiger partial charge in [0.15, 0.2) is 46.4 Å². The van der Waals surface area contributed by atoms with Gasteiger partial charge >= 0.3 is 17.9 Å². The Morgan fingerprint density at radius 2 is 0.955 bits per heavy atom. The summed E-state index contributed by atoms with van der Waals surface area (Å²) in [7, 11) is 2.79. The zero-order valence-corrected chi connectivity index (χ0v) is 65.6. The maximum Gasteiger partial charge on any atom is 0.334 e. The van der Waals surface area contributed by atoms with Gasteiger partial charge in [-0.05, 0) is 101 Å². The normalized spacial score (nSPS) is 22.3. The molecule has 3 N–H and O–H groups in total. The number of likely N-dealkylation sites (tertiary alicyclic amines) is 1. The highest BCUT2D eigenvalue weighted by Gasteiger charge is 2.69. The number of thiazole rings is 1. The number of esters is 3. The fourth-order valence-corrected chi connectivity index (χ4v) is 20.5. The molecule has 3 unspecified atom stereocenters. The number of Topliss-reactive ketones (excluding diaryl/α,β-unsaturated/α-hetero) is 2. The zero-order valence-electron chi connectivity index (χ0n) is 60.0. The summed E-state index contributed by atoms with van der Waals surface area (Å²) in [5.41, 5.74) is 4.62. The molecule has 30 heteroatoms. The summed E-state index contributed by atoms with van der Waals surface area (Å²) in [6.45, 7) is 16.2. The Bertz CT molecular complexity index is 4630. The number of hydrogen-bond acceptors (Lipinski definition) is 22. The number of hydrogen-bond donors (Lipinski definition) is 3. The second-order valence-electron chi connectivity index (χ2n) is 26.3. The van der Waals surface area contributed by atoms with Crippen molar-refractivity contribution >= 4 is 155 Å². The summed E-state index contributed by atoms with van der Waals surface area (Å²) in [6, 6.07) is 57.6. The summed E-state index contributed by atoms with van der Waals surface area (Å²) in [5.74, 6) is -6.49. The SMILES string of the molecule is C=C(C)[C@H](C(=O)OC(c1ccccc1)c1ccccc1)N1C(=O)[C@@H](NC(C)=O)[C@H]1SSc1nc2ccccc2s1.C=C(Cl)OOC1(C)CSC2[C@H](NC(C)=O)C(=O)N2[C@H]1C(=O)OC(c1ccccc1)c1ccccc1.CC(=O)N[C@@H]1C(=O)N2C1S[C@@](C)(C(=O)C(=O)CCl)[C@@H]2C(=O)OC(c1ccccc1)c1ccccc1. The van der Waals surface area contributed by atoms with E-state index in [9.17, 15) is 52.7 Å². The smallest absolute Gasteiger partial charge is 0.334 e. The van der Waals surface area contributed by atoms with Crippen LogP contribution in [0.5, 0.6) is 0 Å². The highest BCUT2D eigenvalue weighted by Crippen LogP contribution is 2.53. The van der Waals surface area contributed by atoms with E-state index in [4.69, 9.17) is 47.2 Å². The van der Waals surface area contributed by atoms with Crippen LogP contribution < -0.4 is 16.0 Å². The van der Waals surface area contributed by atoms with Crippen LogP contribution in [0.1, 0.15) is 93.2 Å². The van der Waals surface area contributed by atoms with Gasteiger partial charge in [-0.15, -0.1) is 46.5 Å². The van der Waals surface area contributed by atoms with Crippen LogP contribution >= 0.6 is 79.7 Å². The predicted octanol–water partition coefficient (Wildman–Crippen LogP) is 11.8. The first-order chi connectivity index (χ1) is 52.7. The van der Waals surface area contributed by atoms with Crippen LogP contribution in [-0.2, 0) is 76.7 Å². The number of amides is 6. The number of alkyl halides is 1. The summed E-state index contributed by atoms with van der Waals surface area (Å²) < 4.78 is 18.4. The number of β-lactam (4-membered cyclic amide) rings is 3. The van der Waals surface area contributed by atoms with E-state index in [0.717, 1.165) is 48.6 Å². The van der Waals surface area contributed by atoms with E-state index in [-0.39, 0.29) is 28.7 Å². The van der Waals surface area contributed by atoms with Gasteiger partial charge in [-0.25, -0.2) is 19.4 Å². The molecular formula is C80H75Cl2N7O16S5. The van der Waals surface area contributed by atoms with Gasteiger partial charge in [-0.1, -0.05) is 211 Å². The molecule has 6 amide bonds. The molecule has 0 bridgehead atoms. The number of nitrogens with one attached hydrogen (secondary N) is 3. The average molecular weight is 1620 g/mol. The van der Waals surface area contributed by atoms with E-state index in [1.807, 2.05) is 182 Å². The molecule has 23 nitrogen and oxygen atoms in total. The number of carbonyl (C=O) groups excluding carboxylic acids is 11. The molecule has 13 rings (SSSR count). The van der Waals surface area contributed by atoms with Gasteiger partial charge in [-0.3, -0.25) is 38.4 Å². The monoisotopic (exact) mass is 1620 g/mol. The van der Waals surface area contributed by atoms with Gasteiger partial charge in [0.2, 0.25) is 52.2 Å². The lowest BCUT2D eigenvalue weighted by molar-refractivity contribution is -0.332. The van der Waals surface area contributed by atoms with Crippen molar-refractivity contribution < 1.29 is 76.7 Å². The number of ketones is 2. The van der Waals surface area contributed by atoms with Crippen LogP contribution in [0.25, 0.3) is 10.2 Å². The second kappa shape index (κ2) is 35.9. The van der Waals surface area contributed by atoms with Crippen molar-refractivity contribution in [3.63, 3.8) is 0 Å². The molecule has 570 valence electrons. The molecule has 5 saturated heterocycles. The van der Waals surface area contributed by atoms with E-state index < -0.39 is 134 Å².